The Morgan fingerprint density at radius 2 is 2.12 bits per heavy atom. The number of nitrogens with zero attached hydrogens (tertiary/aromatic N) is 2. The van der Waals surface area contributed by atoms with Gasteiger partial charge in [-0.1, -0.05) is 23.7 Å². The number of hydrogen-bond donors (Lipinski definition) is 2. The fourth-order valence-corrected chi connectivity index (χ4v) is 1.66. The van der Waals surface area contributed by atoms with E-state index in [9.17, 15) is 5.11 Å². The Morgan fingerprint density at radius 3 is 2.71 bits per heavy atom. The molecule has 5 heteroatoms. The van der Waals surface area contributed by atoms with Gasteiger partial charge in [0.05, 0.1) is 18.0 Å². The zero-order chi connectivity index (χ0) is 12.3. The minimum absolute atomic E-state index is 0.438. The van der Waals surface area contributed by atoms with Crippen LogP contribution in [0.3, 0.4) is 0 Å². The predicted octanol–water partition coefficient (Wildman–Crippen LogP) is 2.22. The van der Waals surface area contributed by atoms with E-state index in [4.69, 9.17) is 11.6 Å². The molecule has 17 heavy (non-hydrogen) atoms. The number of aromatic nitrogens is 2. The molecule has 2 aromatic rings. The Bertz CT molecular complexity index is 481. The lowest BCUT2D eigenvalue weighted by Crippen LogP contribution is -2.11. The van der Waals surface area contributed by atoms with Crippen LogP contribution in [0.2, 0.25) is 5.02 Å². The summed E-state index contributed by atoms with van der Waals surface area (Å²) in [5.74, 6) is 0. The number of aliphatic hydroxyl groups excluding tert-OH is 1. The summed E-state index contributed by atoms with van der Waals surface area (Å²) < 4.78 is 1.71. The van der Waals surface area contributed by atoms with Gasteiger partial charge in [-0.05, 0) is 17.7 Å². The first-order valence-electron chi connectivity index (χ1n) is 5.31. The van der Waals surface area contributed by atoms with Crippen molar-refractivity contribution in [2.75, 3.05) is 11.9 Å². The van der Waals surface area contributed by atoms with E-state index in [0.29, 0.717) is 11.6 Å². The number of nitrogens with one attached hydrogen (secondary N) is 1. The van der Waals surface area contributed by atoms with Crippen LogP contribution >= 0.6 is 11.6 Å². The molecule has 2 N–H and O–H groups in total. The first-order valence-corrected chi connectivity index (χ1v) is 5.69. The second kappa shape index (κ2) is 5.21. The normalized spacial score (nSPS) is 12.4. The zero-order valence-corrected chi connectivity index (χ0v) is 10.2. The number of anilines is 1. The Morgan fingerprint density at radius 1 is 1.41 bits per heavy atom. The molecule has 2 rings (SSSR count). The van der Waals surface area contributed by atoms with Crippen LogP contribution in [0.1, 0.15) is 11.7 Å². The summed E-state index contributed by atoms with van der Waals surface area (Å²) in [7, 11) is 1.85. The highest BCUT2D eigenvalue weighted by molar-refractivity contribution is 6.30. The molecule has 0 saturated heterocycles. The van der Waals surface area contributed by atoms with E-state index in [0.717, 1.165) is 11.3 Å². The summed E-state index contributed by atoms with van der Waals surface area (Å²) in [6.45, 7) is 0.438. The van der Waals surface area contributed by atoms with Gasteiger partial charge in [0.2, 0.25) is 0 Å². The van der Waals surface area contributed by atoms with Crippen molar-refractivity contribution >= 4 is 17.3 Å². The lowest BCUT2D eigenvalue weighted by atomic mass is 10.1. The molecule has 0 fully saturated rings. The van der Waals surface area contributed by atoms with E-state index in [1.54, 1.807) is 23.0 Å². The molecule has 0 radical (unpaired) electrons. The molecular formula is C12H14ClN3O. The van der Waals surface area contributed by atoms with Crippen molar-refractivity contribution in [2.24, 2.45) is 7.05 Å². The third kappa shape index (κ3) is 3.22. The molecule has 0 aliphatic rings. The van der Waals surface area contributed by atoms with Crippen molar-refractivity contribution < 1.29 is 5.11 Å². The van der Waals surface area contributed by atoms with E-state index in [1.807, 2.05) is 25.4 Å². The summed E-state index contributed by atoms with van der Waals surface area (Å²) in [5.41, 5.74) is 1.73. The quantitative estimate of drug-likeness (QED) is 0.876. The molecule has 90 valence electrons. The summed E-state index contributed by atoms with van der Waals surface area (Å²) in [6, 6.07) is 7.17. The molecule has 0 bridgehead atoms. The first kappa shape index (κ1) is 12.0. The maximum atomic E-state index is 9.95. The Kier molecular flexibility index (Phi) is 3.66. The van der Waals surface area contributed by atoms with Crippen LogP contribution in [0.15, 0.2) is 36.7 Å². The Hall–Kier alpha value is -1.52. The maximum absolute atomic E-state index is 9.95. The number of aryl methyl sites for hydroxylation is 1. The molecule has 1 heterocycles. The van der Waals surface area contributed by atoms with Gasteiger partial charge in [0.1, 0.15) is 0 Å². The van der Waals surface area contributed by atoms with Crippen LogP contribution in [0.5, 0.6) is 0 Å². The highest BCUT2D eigenvalue weighted by atomic mass is 35.5. The largest absolute Gasteiger partial charge is 0.387 e. The SMILES string of the molecule is Cn1cc(NCC(O)c2ccc(Cl)cc2)cn1. The molecular weight excluding hydrogens is 238 g/mol. The Labute approximate surface area is 105 Å². The zero-order valence-electron chi connectivity index (χ0n) is 9.47. The monoisotopic (exact) mass is 251 g/mol. The van der Waals surface area contributed by atoms with Gasteiger partial charge < -0.3 is 10.4 Å². The van der Waals surface area contributed by atoms with Gasteiger partial charge in [-0.25, -0.2) is 0 Å². The number of benzene rings is 1. The van der Waals surface area contributed by atoms with Crippen molar-refractivity contribution in [1.29, 1.82) is 0 Å². The molecule has 1 atom stereocenters. The van der Waals surface area contributed by atoms with E-state index < -0.39 is 6.10 Å². The van der Waals surface area contributed by atoms with Gasteiger partial charge in [0, 0.05) is 24.8 Å². The van der Waals surface area contributed by atoms with Crippen LogP contribution in [-0.4, -0.2) is 21.4 Å². The van der Waals surface area contributed by atoms with Gasteiger partial charge in [0.15, 0.2) is 0 Å². The smallest absolute Gasteiger partial charge is 0.0962 e. The Balaban J connectivity index is 1.93. The summed E-state index contributed by atoms with van der Waals surface area (Å²) in [4.78, 5) is 0. The van der Waals surface area contributed by atoms with Crippen LogP contribution in [0, 0.1) is 0 Å². The molecule has 4 nitrogen and oxygen atoms in total. The van der Waals surface area contributed by atoms with Crippen LogP contribution in [-0.2, 0) is 7.05 Å². The molecule has 1 aromatic carbocycles. The van der Waals surface area contributed by atoms with Crippen LogP contribution in [0.4, 0.5) is 5.69 Å². The number of rotatable bonds is 4. The number of hydrogen-bond acceptors (Lipinski definition) is 3. The van der Waals surface area contributed by atoms with E-state index in [2.05, 4.69) is 10.4 Å². The van der Waals surface area contributed by atoms with Gasteiger partial charge >= 0.3 is 0 Å². The summed E-state index contributed by atoms with van der Waals surface area (Å²) in [5, 5.41) is 17.8. The lowest BCUT2D eigenvalue weighted by Gasteiger charge is -2.11. The van der Waals surface area contributed by atoms with E-state index in [-0.39, 0.29) is 0 Å². The molecule has 0 aliphatic heterocycles. The topological polar surface area (TPSA) is 50.1 Å². The minimum Gasteiger partial charge on any atom is -0.387 e. The summed E-state index contributed by atoms with van der Waals surface area (Å²) in [6.07, 6.45) is 3.01. The second-order valence-electron chi connectivity index (χ2n) is 3.85. The molecule has 0 aliphatic carbocycles. The van der Waals surface area contributed by atoms with Gasteiger partial charge in [-0.3, -0.25) is 4.68 Å². The fourth-order valence-electron chi connectivity index (χ4n) is 1.53. The van der Waals surface area contributed by atoms with Crippen molar-refractivity contribution in [2.45, 2.75) is 6.10 Å². The third-order valence-electron chi connectivity index (χ3n) is 2.46. The van der Waals surface area contributed by atoms with Crippen LogP contribution in [0.25, 0.3) is 0 Å². The molecule has 1 aromatic heterocycles. The van der Waals surface area contributed by atoms with Crippen LogP contribution < -0.4 is 5.32 Å². The second-order valence-corrected chi connectivity index (χ2v) is 4.29. The molecule has 0 amide bonds. The van der Waals surface area contributed by atoms with E-state index in [1.165, 1.54) is 0 Å². The van der Waals surface area contributed by atoms with Gasteiger partial charge in [-0.2, -0.15) is 5.10 Å². The average molecular weight is 252 g/mol. The molecule has 0 spiro atoms. The van der Waals surface area contributed by atoms with Crippen molar-refractivity contribution in [3.63, 3.8) is 0 Å². The van der Waals surface area contributed by atoms with E-state index >= 15 is 0 Å². The molecule has 1 unspecified atom stereocenters. The maximum Gasteiger partial charge on any atom is 0.0962 e. The molecule has 0 saturated carbocycles. The minimum atomic E-state index is -0.563. The fraction of sp³-hybridized carbons (Fsp3) is 0.250. The van der Waals surface area contributed by atoms with Crippen molar-refractivity contribution in [1.82, 2.24) is 9.78 Å². The van der Waals surface area contributed by atoms with Crippen molar-refractivity contribution in [3.8, 4) is 0 Å². The average Bonchev–Trinajstić information content (AvgIpc) is 2.73. The first-order chi connectivity index (χ1) is 8.15. The highest BCUT2D eigenvalue weighted by Crippen LogP contribution is 2.17. The van der Waals surface area contributed by atoms with Gasteiger partial charge in [0.25, 0.3) is 0 Å². The predicted molar refractivity (Wildman–Crippen MR) is 68.1 cm³/mol. The van der Waals surface area contributed by atoms with Gasteiger partial charge in [-0.15, -0.1) is 0 Å². The number of aliphatic hydroxyl groups is 1. The highest BCUT2D eigenvalue weighted by Gasteiger charge is 2.07. The van der Waals surface area contributed by atoms with Crippen molar-refractivity contribution in [3.05, 3.63) is 47.2 Å². The standard InChI is InChI=1S/C12H14ClN3O/c1-16-8-11(6-15-16)14-7-12(17)9-2-4-10(13)5-3-9/h2-6,8,12,14,17H,7H2,1H3. The number of halogens is 1. The lowest BCUT2D eigenvalue weighted by molar-refractivity contribution is 0.191. The third-order valence-corrected chi connectivity index (χ3v) is 2.71. The summed E-state index contributed by atoms with van der Waals surface area (Å²) >= 11 is 5.78.